The highest BCUT2D eigenvalue weighted by Gasteiger charge is 2.30. The third-order valence-corrected chi connectivity index (χ3v) is 5.51. The molecule has 0 saturated heterocycles. The number of carbonyl (C=O) groups is 1. The Hall–Kier alpha value is -2.99. The molecule has 0 atom stereocenters. The molecule has 1 heterocycles. The van der Waals surface area contributed by atoms with Crippen LogP contribution in [0.15, 0.2) is 36.4 Å². The summed E-state index contributed by atoms with van der Waals surface area (Å²) in [7, 11) is 3.19. The molecule has 0 spiro atoms. The van der Waals surface area contributed by atoms with Gasteiger partial charge in [-0.25, -0.2) is 9.78 Å². The number of hydrogen-bond donors (Lipinski definition) is 0. The number of aromatic nitrogens is 1. The molecular formula is C24H24ClNO5. The minimum Gasteiger partial charge on any atom is -0.497 e. The second kappa shape index (κ2) is 9.02. The Balaban J connectivity index is 1.79. The average molecular weight is 442 g/mol. The van der Waals surface area contributed by atoms with Gasteiger partial charge in [0.2, 0.25) is 0 Å². The first-order valence-corrected chi connectivity index (χ1v) is 10.6. The van der Waals surface area contributed by atoms with E-state index in [0.29, 0.717) is 33.9 Å². The van der Waals surface area contributed by atoms with E-state index < -0.39 is 5.97 Å². The van der Waals surface area contributed by atoms with Crippen molar-refractivity contribution in [1.29, 1.82) is 0 Å². The Morgan fingerprint density at radius 3 is 2.61 bits per heavy atom. The minimum atomic E-state index is -0.419. The van der Waals surface area contributed by atoms with Crippen molar-refractivity contribution in [3.63, 3.8) is 0 Å². The van der Waals surface area contributed by atoms with Crippen molar-refractivity contribution in [2.45, 2.75) is 32.3 Å². The van der Waals surface area contributed by atoms with E-state index >= 15 is 0 Å². The van der Waals surface area contributed by atoms with Crippen molar-refractivity contribution in [2.24, 2.45) is 0 Å². The average Bonchev–Trinajstić information content (AvgIpc) is 3.62. The van der Waals surface area contributed by atoms with Crippen molar-refractivity contribution >= 4 is 28.5 Å². The predicted molar refractivity (Wildman–Crippen MR) is 119 cm³/mol. The van der Waals surface area contributed by atoms with Crippen LogP contribution >= 0.6 is 11.6 Å². The van der Waals surface area contributed by atoms with Crippen LogP contribution in [0.1, 0.15) is 47.2 Å². The smallest absolute Gasteiger partial charge is 0.341 e. The Morgan fingerprint density at radius 2 is 1.94 bits per heavy atom. The number of ether oxygens (including phenoxy) is 4. The summed E-state index contributed by atoms with van der Waals surface area (Å²) in [6.07, 6.45) is 2.13. The van der Waals surface area contributed by atoms with Crippen LogP contribution in [-0.4, -0.2) is 31.8 Å². The first-order chi connectivity index (χ1) is 15.0. The van der Waals surface area contributed by atoms with Gasteiger partial charge in [-0.15, -0.1) is 0 Å². The fraction of sp³-hybridized carbons (Fsp3) is 0.333. The number of methoxy groups -OCH3 is 2. The fourth-order valence-electron chi connectivity index (χ4n) is 3.62. The van der Waals surface area contributed by atoms with Gasteiger partial charge in [-0.2, -0.15) is 0 Å². The molecule has 3 aromatic rings. The lowest BCUT2D eigenvalue weighted by molar-refractivity contribution is 0.0521. The van der Waals surface area contributed by atoms with E-state index in [4.69, 9.17) is 30.5 Å². The lowest BCUT2D eigenvalue weighted by Gasteiger charge is -2.17. The maximum atomic E-state index is 12.8. The molecule has 0 bridgehead atoms. The molecule has 6 nitrogen and oxygen atoms in total. The zero-order valence-corrected chi connectivity index (χ0v) is 18.5. The Morgan fingerprint density at radius 1 is 1.13 bits per heavy atom. The molecule has 1 aliphatic carbocycles. The van der Waals surface area contributed by atoms with Crippen LogP contribution in [0.4, 0.5) is 0 Å². The molecule has 0 aliphatic heterocycles. The van der Waals surface area contributed by atoms with Crippen LogP contribution in [-0.2, 0) is 11.3 Å². The van der Waals surface area contributed by atoms with E-state index in [1.807, 2.05) is 24.3 Å². The van der Waals surface area contributed by atoms with Crippen molar-refractivity contribution in [3.8, 4) is 17.2 Å². The number of benzene rings is 2. The molecule has 0 N–H and O–H groups in total. The third-order valence-electron chi connectivity index (χ3n) is 5.30. The number of carbonyl (C=O) groups excluding carboxylic acids is 1. The van der Waals surface area contributed by atoms with Gasteiger partial charge in [0.1, 0.15) is 34.6 Å². The van der Waals surface area contributed by atoms with E-state index in [2.05, 4.69) is 4.98 Å². The van der Waals surface area contributed by atoms with Crippen molar-refractivity contribution in [1.82, 2.24) is 4.98 Å². The molecular weight excluding hydrogens is 418 g/mol. The summed E-state index contributed by atoms with van der Waals surface area (Å²) in [5.74, 6) is 1.71. The van der Waals surface area contributed by atoms with Gasteiger partial charge in [0.05, 0.1) is 26.3 Å². The van der Waals surface area contributed by atoms with Crippen molar-refractivity contribution in [2.75, 3.05) is 20.8 Å². The molecule has 1 aromatic heterocycles. The van der Waals surface area contributed by atoms with E-state index in [0.717, 1.165) is 34.9 Å². The van der Waals surface area contributed by atoms with E-state index in [1.54, 1.807) is 33.3 Å². The van der Waals surface area contributed by atoms with Gasteiger partial charge in [-0.3, -0.25) is 0 Å². The molecule has 1 fully saturated rings. The summed E-state index contributed by atoms with van der Waals surface area (Å²) in [6, 6.07) is 10.9. The molecule has 31 heavy (non-hydrogen) atoms. The molecule has 7 heteroatoms. The molecule has 2 aromatic carbocycles. The maximum Gasteiger partial charge on any atom is 0.341 e. The van der Waals surface area contributed by atoms with Gasteiger partial charge in [0.25, 0.3) is 0 Å². The number of hydrogen-bond acceptors (Lipinski definition) is 6. The van der Waals surface area contributed by atoms with Gasteiger partial charge >= 0.3 is 5.97 Å². The van der Waals surface area contributed by atoms with Crippen LogP contribution in [0.3, 0.4) is 0 Å². The lowest BCUT2D eigenvalue weighted by Crippen LogP contribution is -2.10. The minimum absolute atomic E-state index is 0.195. The number of rotatable bonds is 8. The largest absolute Gasteiger partial charge is 0.497 e. The molecule has 0 amide bonds. The molecule has 162 valence electrons. The topological polar surface area (TPSA) is 66.9 Å². The standard InChI is InChI=1S/C24H24ClNO5/c1-4-30-24(27)19-12-18(14-5-6-14)22-17(9-10-21(25)26-22)23(19)31-13-15-7-8-16(28-2)11-20(15)29-3/h7-12,14H,4-6,13H2,1-3H3. The summed E-state index contributed by atoms with van der Waals surface area (Å²) in [5, 5.41) is 1.14. The summed E-state index contributed by atoms with van der Waals surface area (Å²) in [6.45, 7) is 2.26. The monoisotopic (exact) mass is 441 g/mol. The third kappa shape index (κ3) is 4.39. The Kier molecular flexibility index (Phi) is 6.18. The maximum absolute atomic E-state index is 12.8. The number of fused-ring (bicyclic) bond motifs is 1. The van der Waals surface area contributed by atoms with Crippen molar-refractivity contribution in [3.05, 3.63) is 58.2 Å². The molecule has 0 radical (unpaired) electrons. The van der Waals surface area contributed by atoms with Gasteiger partial charge in [0, 0.05) is 17.0 Å². The zero-order valence-electron chi connectivity index (χ0n) is 17.7. The molecule has 0 unspecified atom stereocenters. The van der Waals surface area contributed by atoms with E-state index in [9.17, 15) is 4.79 Å². The van der Waals surface area contributed by atoms with Crippen LogP contribution in [0.2, 0.25) is 5.15 Å². The van der Waals surface area contributed by atoms with Crippen molar-refractivity contribution < 1.29 is 23.7 Å². The van der Waals surface area contributed by atoms with E-state index in [-0.39, 0.29) is 13.2 Å². The highest BCUT2D eigenvalue weighted by Crippen LogP contribution is 2.46. The SMILES string of the molecule is CCOC(=O)c1cc(C2CC2)c2nc(Cl)ccc2c1OCc1ccc(OC)cc1OC. The van der Waals surface area contributed by atoms with Gasteiger partial charge in [-0.05, 0) is 61.6 Å². The highest BCUT2D eigenvalue weighted by molar-refractivity contribution is 6.29. The highest BCUT2D eigenvalue weighted by atomic mass is 35.5. The number of pyridine rings is 1. The molecule has 1 aliphatic rings. The Bertz CT molecular complexity index is 1130. The fourth-order valence-corrected chi connectivity index (χ4v) is 3.76. The lowest BCUT2D eigenvalue weighted by atomic mass is 10.00. The van der Waals surface area contributed by atoms with Crippen LogP contribution in [0.5, 0.6) is 17.2 Å². The van der Waals surface area contributed by atoms with Crippen LogP contribution < -0.4 is 14.2 Å². The zero-order chi connectivity index (χ0) is 22.0. The normalized spacial score (nSPS) is 13.2. The summed E-state index contributed by atoms with van der Waals surface area (Å²) >= 11 is 6.19. The second-order valence-electron chi connectivity index (χ2n) is 7.33. The first-order valence-electron chi connectivity index (χ1n) is 10.2. The quantitative estimate of drug-likeness (QED) is 0.338. The number of nitrogens with zero attached hydrogens (tertiary/aromatic N) is 1. The van der Waals surface area contributed by atoms with Crippen LogP contribution in [0, 0.1) is 0 Å². The summed E-state index contributed by atoms with van der Waals surface area (Å²) in [5.41, 5.74) is 2.99. The number of halogens is 1. The Labute approximate surface area is 186 Å². The predicted octanol–water partition coefficient (Wildman–Crippen LogP) is 5.54. The first kappa shape index (κ1) is 21.2. The summed E-state index contributed by atoms with van der Waals surface area (Å²) < 4.78 is 22.3. The summed E-state index contributed by atoms with van der Waals surface area (Å²) in [4.78, 5) is 17.3. The van der Waals surface area contributed by atoms with Gasteiger partial charge < -0.3 is 18.9 Å². The van der Waals surface area contributed by atoms with Gasteiger partial charge in [0.15, 0.2) is 0 Å². The molecule has 4 rings (SSSR count). The molecule has 1 saturated carbocycles. The number of esters is 1. The second-order valence-corrected chi connectivity index (χ2v) is 7.72. The van der Waals surface area contributed by atoms with E-state index in [1.165, 1.54) is 0 Å². The van der Waals surface area contributed by atoms with Crippen LogP contribution in [0.25, 0.3) is 10.9 Å². The van der Waals surface area contributed by atoms with Gasteiger partial charge in [-0.1, -0.05) is 11.6 Å².